The summed E-state index contributed by atoms with van der Waals surface area (Å²) in [6, 6.07) is 20.0. The highest BCUT2D eigenvalue weighted by atomic mass is 16.6. The minimum Gasteiger partial charge on any atom is -0.322 e. The van der Waals surface area contributed by atoms with Crippen LogP contribution in [0.3, 0.4) is 0 Å². The SMILES string of the molecule is Cc1ccccc1C(=O)Nc1cccc(NC(=O)C=Cc2cccc([N+](=O)[O-])c2)c1. The van der Waals surface area contributed by atoms with E-state index in [1.807, 2.05) is 19.1 Å². The zero-order valence-corrected chi connectivity index (χ0v) is 16.2. The monoisotopic (exact) mass is 401 g/mol. The van der Waals surface area contributed by atoms with Crippen LogP contribution in [0, 0.1) is 17.0 Å². The van der Waals surface area contributed by atoms with Gasteiger partial charge in [-0.15, -0.1) is 0 Å². The first-order chi connectivity index (χ1) is 14.4. The molecule has 2 N–H and O–H groups in total. The number of anilines is 2. The van der Waals surface area contributed by atoms with Gasteiger partial charge in [-0.25, -0.2) is 0 Å². The van der Waals surface area contributed by atoms with Crippen LogP contribution in [0.2, 0.25) is 0 Å². The fourth-order valence-electron chi connectivity index (χ4n) is 2.80. The Bertz CT molecular complexity index is 1140. The van der Waals surface area contributed by atoms with Crippen molar-refractivity contribution in [2.24, 2.45) is 0 Å². The molecule has 150 valence electrons. The van der Waals surface area contributed by atoms with E-state index in [0.29, 0.717) is 22.5 Å². The van der Waals surface area contributed by atoms with Crippen LogP contribution in [0.15, 0.2) is 78.9 Å². The van der Waals surface area contributed by atoms with Gasteiger partial charge in [-0.1, -0.05) is 36.4 Å². The number of nitro benzene ring substituents is 1. The van der Waals surface area contributed by atoms with Gasteiger partial charge in [-0.3, -0.25) is 19.7 Å². The zero-order valence-electron chi connectivity index (χ0n) is 16.2. The molecule has 0 fully saturated rings. The topological polar surface area (TPSA) is 101 Å². The molecule has 0 atom stereocenters. The van der Waals surface area contributed by atoms with E-state index in [1.54, 1.807) is 48.5 Å². The average molecular weight is 401 g/mol. The number of amides is 2. The molecule has 0 aliphatic carbocycles. The van der Waals surface area contributed by atoms with Crippen molar-refractivity contribution in [3.8, 4) is 0 Å². The molecule has 7 heteroatoms. The second-order valence-electron chi connectivity index (χ2n) is 6.52. The molecule has 0 aliphatic heterocycles. The quantitative estimate of drug-likeness (QED) is 0.352. The van der Waals surface area contributed by atoms with Gasteiger partial charge in [0.15, 0.2) is 0 Å². The van der Waals surface area contributed by atoms with Crippen molar-refractivity contribution in [1.29, 1.82) is 0 Å². The minimum absolute atomic E-state index is 0.0466. The molecule has 0 aliphatic rings. The number of rotatable bonds is 6. The van der Waals surface area contributed by atoms with Crippen molar-refractivity contribution in [3.05, 3.63) is 106 Å². The van der Waals surface area contributed by atoms with E-state index in [1.165, 1.54) is 24.3 Å². The summed E-state index contributed by atoms with van der Waals surface area (Å²) in [5, 5.41) is 16.3. The molecule has 7 nitrogen and oxygen atoms in total. The summed E-state index contributed by atoms with van der Waals surface area (Å²) >= 11 is 0. The molecule has 0 heterocycles. The van der Waals surface area contributed by atoms with Gasteiger partial charge in [-0.2, -0.15) is 0 Å². The third-order valence-electron chi connectivity index (χ3n) is 4.29. The number of hydrogen-bond donors (Lipinski definition) is 2. The molecule has 0 radical (unpaired) electrons. The van der Waals surface area contributed by atoms with E-state index in [2.05, 4.69) is 10.6 Å². The van der Waals surface area contributed by atoms with Crippen molar-refractivity contribution in [3.63, 3.8) is 0 Å². The molecular weight excluding hydrogens is 382 g/mol. The third kappa shape index (κ3) is 5.39. The lowest BCUT2D eigenvalue weighted by Gasteiger charge is -2.09. The van der Waals surface area contributed by atoms with Crippen LogP contribution in [0.1, 0.15) is 21.5 Å². The first-order valence-corrected chi connectivity index (χ1v) is 9.13. The molecule has 0 bridgehead atoms. The molecule has 0 spiro atoms. The van der Waals surface area contributed by atoms with Gasteiger partial charge in [0, 0.05) is 35.1 Å². The van der Waals surface area contributed by atoms with E-state index in [4.69, 9.17) is 0 Å². The summed E-state index contributed by atoms with van der Waals surface area (Å²) < 4.78 is 0. The lowest BCUT2D eigenvalue weighted by molar-refractivity contribution is -0.384. The number of nitrogens with zero attached hydrogens (tertiary/aromatic N) is 1. The van der Waals surface area contributed by atoms with Crippen LogP contribution in [0.4, 0.5) is 17.1 Å². The fraction of sp³-hybridized carbons (Fsp3) is 0.0435. The molecule has 30 heavy (non-hydrogen) atoms. The van der Waals surface area contributed by atoms with Gasteiger partial charge in [0.1, 0.15) is 0 Å². The van der Waals surface area contributed by atoms with Gasteiger partial charge >= 0.3 is 0 Å². The van der Waals surface area contributed by atoms with Crippen molar-refractivity contribution < 1.29 is 14.5 Å². The molecule has 0 saturated carbocycles. The van der Waals surface area contributed by atoms with E-state index >= 15 is 0 Å². The number of carbonyl (C=O) groups excluding carboxylic acids is 2. The number of benzene rings is 3. The van der Waals surface area contributed by atoms with Gasteiger partial charge in [0.25, 0.3) is 11.6 Å². The van der Waals surface area contributed by atoms with Crippen molar-refractivity contribution in [1.82, 2.24) is 0 Å². The third-order valence-corrected chi connectivity index (χ3v) is 4.29. The first kappa shape index (κ1) is 20.5. The van der Waals surface area contributed by atoms with Crippen LogP contribution in [0.25, 0.3) is 6.08 Å². The summed E-state index contributed by atoms with van der Waals surface area (Å²) in [4.78, 5) is 35.0. The Kier molecular flexibility index (Phi) is 6.34. The maximum absolute atomic E-state index is 12.4. The summed E-state index contributed by atoms with van der Waals surface area (Å²) in [5.74, 6) is -0.633. The summed E-state index contributed by atoms with van der Waals surface area (Å²) in [6.45, 7) is 1.86. The molecular formula is C23H19N3O4. The second kappa shape index (κ2) is 9.29. The van der Waals surface area contributed by atoms with Gasteiger partial charge in [-0.05, 0) is 48.4 Å². The number of hydrogen-bond acceptors (Lipinski definition) is 4. The number of nitro groups is 1. The van der Waals surface area contributed by atoms with Crippen LogP contribution in [-0.2, 0) is 4.79 Å². The van der Waals surface area contributed by atoms with E-state index in [0.717, 1.165) is 5.56 Å². The summed E-state index contributed by atoms with van der Waals surface area (Å²) in [6.07, 6.45) is 2.78. The molecule has 2 amide bonds. The summed E-state index contributed by atoms with van der Waals surface area (Å²) in [7, 11) is 0. The highest BCUT2D eigenvalue weighted by Crippen LogP contribution is 2.18. The van der Waals surface area contributed by atoms with E-state index in [-0.39, 0.29) is 11.6 Å². The predicted octanol–water partition coefficient (Wildman–Crippen LogP) is 4.81. The Morgan fingerprint density at radius 2 is 1.60 bits per heavy atom. The van der Waals surface area contributed by atoms with Crippen molar-refractivity contribution >= 4 is 35.0 Å². The van der Waals surface area contributed by atoms with Crippen LogP contribution >= 0.6 is 0 Å². The van der Waals surface area contributed by atoms with E-state index in [9.17, 15) is 19.7 Å². The van der Waals surface area contributed by atoms with Crippen LogP contribution in [0.5, 0.6) is 0 Å². The normalized spacial score (nSPS) is 10.6. The maximum atomic E-state index is 12.4. The van der Waals surface area contributed by atoms with E-state index < -0.39 is 10.8 Å². The standard InChI is InChI=1S/C23H19N3O4/c1-16-6-2-3-11-21(16)23(28)25-19-9-5-8-18(15-19)24-22(27)13-12-17-7-4-10-20(14-17)26(29)30/h2-15H,1H3,(H,24,27)(H,25,28). The molecule has 3 aromatic rings. The number of carbonyl (C=O) groups is 2. The van der Waals surface area contributed by atoms with Gasteiger partial charge in [0.2, 0.25) is 5.91 Å². The van der Waals surface area contributed by atoms with Crippen molar-refractivity contribution in [2.45, 2.75) is 6.92 Å². The Morgan fingerprint density at radius 3 is 2.33 bits per heavy atom. The summed E-state index contributed by atoms with van der Waals surface area (Å²) in [5.41, 5.74) is 2.99. The molecule has 3 rings (SSSR count). The number of aryl methyl sites for hydroxylation is 1. The van der Waals surface area contributed by atoms with Gasteiger partial charge in [0.05, 0.1) is 4.92 Å². The molecule has 0 unspecified atom stereocenters. The highest BCUT2D eigenvalue weighted by molar-refractivity contribution is 6.06. The Hall–Kier alpha value is -4.26. The lowest BCUT2D eigenvalue weighted by Crippen LogP contribution is -2.14. The second-order valence-corrected chi connectivity index (χ2v) is 6.52. The highest BCUT2D eigenvalue weighted by Gasteiger charge is 2.09. The number of nitrogens with one attached hydrogen (secondary N) is 2. The Morgan fingerprint density at radius 1 is 0.900 bits per heavy atom. The molecule has 0 aromatic heterocycles. The Balaban J connectivity index is 1.65. The smallest absolute Gasteiger partial charge is 0.270 e. The van der Waals surface area contributed by atoms with Crippen LogP contribution in [-0.4, -0.2) is 16.7 Å². The Labute approximate surface area is 173 Å². The zero-order chi connectivity index (χ0) is 21.5. The molecule has 3 aromatic carbocycles. The first-order valence-electron chi connectivity index (χ1n) is 9.13. The largest absolute Gasteiger partial charge is 0.322 e. The van der Waals surface area contributed by atoms with Gasteiger partial charge < -0.3 is 10.6 Å². The lowest BCUT2D eigenvalue weighted by atomic mass is 10.1. The fourth-order valence-corrected chi connectivity index (χ4v) is 2.80. The van der Waals surface area contributed by atoms with Crippen molar-refractivity contribution in [2.75, 3.05) is 10.6 Å². The van der Waals surface area contributed by atoms with Crippen LogP contribution < -0.4 is 10.6 Å². The molecule has 0 saturated heterocycles. The maximum Gasteiger partial charge on any atom is 0.270 e. The minimum atomic E-state index is -0.492. The average Bonchev–Trinajstić information content (AvgIpc) is 2.73. The predicted molar refractivity (Wildman–Crippen MR) is 116 cm³/mol. The number of non-ortho nitro benzene ring substituents is 1.